The fourth-order valence-electron chi connectivity index (χ4n) is 1.91. The van der Waals surface area contributed by atoms with Gasteiger partial charge >= 0.3 is 5.97 Å². The summed E-state index contributed by atoms with van der Waals surface area (Å²) in [6.45, 7) is 2.40. The SMILES string of the molecule is COC(=O)c1sc(N(C)Cc2cccc(C#N)c2)nc1C. The Morgan fingerprint density at radius 1 is 1.52 bits per heavy atom. The van der Waals surface area contributed by atoms with Gasteiger partial charge in [0.1, 0.15) is 4.88 Å². The molecule has 0 unspecified atom stereocenters. The highest BCUT2D eigenvalue weighted by Gasteiger charge is 2.17. The molecule has 5 nitrogen and oxygen atoms in total. The Kier molecular flexibility index (Phi) is 4.55. The number of methoxy groups -OCH3 is 1. The van der Waals surface area contributed by atoms with E-state index in [9.17, 15) is 4.79 Å². The summed E-state index contributed by atoms with van der Waals surface area (Å²) in [6, 6.07) is 9.55. The van der Waals surface area contributed by atoms with Crippen molar-refractivity contribution in [3.05, 3.63) is 46.0 Å². The van der Waals surface area contributed by atoms with Crippen molar-refractivity contribution >= 4 is 22.4 Å². The fraction of sp³-hybridized carbons (Fsp3) is 0.267. The molecule has 2 aromatic rings. The zero-order valence-electron chi connectivity index (χ0n) is 12.1. The van der Waals surface area contributed by atoms with Crippen molar-refractivity contribution in [2.45, 2.75) is 13.5 Å². The molecule has 0 bridgehead atoms. The number of benzene rings is 1. The first kappa shape index (κ1) is 15.0. The van der Waals surface area contributed by atoms with E-state index in [1.54, 1.807) is 13.0 Å². The molecule has 0 radical (unpaired) electrons. The van der Waals surface area contributed by atoms with E-state index in [-0.39, 0.29) is 5.97 Å². The van der Waals surface area contributed by atoms with E-state index in [4.69, 9.17) is 10.00 Å². The van der Waals surface area contributed by atoms with Crippen LogP contribution in [0.15, 0.2) is 24.3 Å². The van der Waals surface area contributed by atoms with Gasteiger partial charge in [-0.2, -0.15) is 5.26 Å². The number of aryl methyl sites for hydroxylation is 1. The predicted octanol–water partition coefficient (Wildman–Crippen LogP) is 2.75. The summed E-state index contributed by atoms with van der Waals surface area (Å²) in [5, 5.41) is 9.66. The minimum absolute atomic E-state index is 0.365. The molecule has 1 heterocycles. The third kappa shape index (κ3) is 3.38. The van der Waals surface area contributed by atoms with Crippen LogP contribution in [0.1, 0.15) is 26.5 Å². The standard InChI is InChI=1S/C15H15N3O2S/c1-10-13(14(19)20-3)21-15(17-10)18(2)9-12-6-4-5-11(7-12)8-16/h4-7H,9H2,1-3H3. The van der Waals surface area contributed by atoms with Crippen LogP contribution in [-0.4, -0.2) is 25.1 Å². The van der Waals surface area contributed by atoms with Crippen LogP contribution in [0.4, 0.5) is 5.13 Å². The second-order valence-electron chi connectivity index (χ2n) is 4.57. The molecule has 0 fully saturated rings. The lowest BCUT2D eigenvalue weighted by Gasteiger charge is -2.15. The largest absolute Gasteiger partial charge is 0.465 e. The molecule has 108 valence electrons. The van der Waals surface area contributed by atoms with Crippen LogP contribution >= 0.6 is 11.3 Å². The van der Waals surface area contributed by atoms with Crippen LogP contribution in [-0.2, 0) is 11.3 Å². The highest BCUT2D eigenvalue weighted by Crippen LogP contribution is 2.26. The van der Waals surface area contributed by atoms with E-state index in [1.807, 2.05) is 30.1 Å². The van der Waals surface area contributed by atoms with E-state index in [0.29, 0.717) is 22.7 Å². The van der Waals surface area contributed by atoms with Crippen LogP contribution in [0.2, 0.25) is 0 Å². The monoisotopic (exact) mass is 301 g/mol. The number of thiazole rings is 1. The number of hydrogen-bond acceptors (Lipinski definition) is 6. The van der Waals surface area contributed by atoms with Crippen LogP contribution in [0.25, 0.3) is 0 Å². The van der Waals surface area contributed by atoms with Crippen molar-refractivity contribution < 1.29 is 9.53 Å². The average Bonchev–Trinajstić information content (AvgIpc) is 2.88. The molecule has 0 atom stereocenters. The zero-order valence-corrected chi connectivity index (χ0v) is 12.9. The number of esters is 1. The Morgan fingerprint density at radius 2 is 2.29 bits per heavy atom. The van der Waals surface area contributed by atoms with Crippen molar-refractivity contribution in [3.63, 3.8) is 0 Å². The van der Waals surface area contributed by atoms with Crippen LogP contribution < -0.4 is 4.90 Å². The number of aromatic nitrogens is 1. The number of carbonyl (C=O) groups excluding carboxylic acids is 1. The van der Waals surface area contributed by atoms with Crippen LogP contribution in [0.3, 0.4) is 0 Å². The first-order valence-corrected chi connectivity index (χ1v) is 7.12. The van der Waals surface area contributed by atoms with E-state index in [1.165, 1.54) is 18.4 Å². The van der Waals surface area contributed by atoms with Crippen molar-refractivity contribution in [1.82, 2.24) is 4.98 Å². The van der Waals surface area contributed by atoms with E-state index in [0.717, 1.165) is 10.7 Å². The van der Waals surface area contributed by atoms with Gasteiger partial charge in [-0.3, -0.25) is 0 Å². The molecule has 2 rings (SSSR count). The lowest BCUT2D eigenvalue weighted by Crippen LogP contribution is -2.16. The van der Waals surface area contributed by atoms with Crippen molar-refractivity contribution in [2.24, 2.45) is 0 Å². The Bertz CT molecular complexity index is 703. The zero-order chi connectivity index (χ0) is 15.4. The average molecular weight is 301 g/mol. The maximum atomic E-state index is 11.6. The second kappa shape index (κ2) is 6.37. The number of rotatable bonds is 4. The first-order chi connectivity index (χ1) is 10.0. The molecule has 0 spiro atoms. The molecule has 0 N–H and O–H groups in total. The number of nitrogens with zero attached hydrogens (tertiary/aromatic N) is 3. The Labute approximate surface area is 127 Å². The van der Waals surface area contributed by atoms with Gasteiger partial charge in [-0.15, -0.1) is 0 Å². The number of carbonyl (C=O) groups is 1. The minimum Gasteiger partial charge on any atom is -0.465 e. The summed E-state index contributed by atoms with van der Waals surface area (Å²) in [6.07, 6.45) is 0. The lowest BCUT2D eigenvalue weighted by atomic mass is 10.1. The van der Waals surface area contributed by atoms with Crippen molar-refractivity contribution in [2.75, 3.05) is 19.1 Å². The number of ether oxygens (including phenoxy) is 1. The molecule has 0 aliphatic heterocycles. The Morgan fingerprint density at radius 3 is 2.95 bits per heavy atom. The third-order valence-corrected chi connectivity index (χ3v) is 4.21. The molecule has 1 aromatic heterocycles. The quantitative estimate of drug-likeness (QED) is 0.812. The molecule has 21 heavy (non-hydrogen) atoms. The molecule has 0 saturated heterocycles. The highest BCUT2D eigenvalue weighted by atomic mass is 32.1. The summed E-state index contributed by atoms with van der Waals surface area (Å²) in [5.41, 5.74) is 2.31. The van der Waals surface area contributed by atoms with Crippen molar-refractivity contribution in [3.8, 4) is 6.07 Å². The second-order valence-corrected chi connectivity index (χ2v) is 5.55. The fourth-order valence-corrected chi connectivity index (χ4v) is 2.85. The Hall–Kier alpha value is -2.39. The number of hydrogen-bond donors (Lipinski definition) is 0. The van der Waals surface area contributed by atoms with Gasteiger partial charge in [0.25, 0.3) is 0 Å². The van der Waals surface area contributed by atoms with Gasteiger partial charge in [-0.25, -0.2) is 9.78 Å². The highest BCUT2D eigenvalue weighted by molar-refractivity contribution is 7.17. The topological polar surface area (TPSA) is 66.2 Å². The molecule has 6 heteroatoms. The molecular formula is C15H15N3O2S. The van der Waals surface area contributed by atoms with E-state index >= 15 is 0 Å². The van der Waals surface area contributed by atoms with Gasteiger partial charge in [0.15, 0.2) is 5.13 Å². The van der Waals surface area contributed by atoms with Gasteiger partial charge in [-0.1, -0.05) is 23.5 Å². The van der Waals surface area contributed by atoms with Gasteiger partial charge < -0.3 is 9.64 Å². The maximum absolute atomic E-state index is 11.6. The first-order valence-electron chi connectivity index (χ1n) is 6.31. The molecule has 0 aliphatic carbocycles. The van der Waals surface area contributed by atoms with Gasteiger partial charge in [0, 0.05) is 13.6 Å². The van der Waals surface area contributed by atoms with Gasteiger partial charge in [0.05, 0.1) is 24.4 Å². The number of anilines is 1. The molecule has 0 saturated carbocycles. The third-order valence-electron chi connectivity index (χ3n) is 2.96. The predicted molar refractivity (Wildman–Crippen MR) is 81.5 cm³/mol. The summed E-state index contributed by atoms with van der Waals surface area (Å²) in [5.74, 6) is -0.365. The molecule has 0 aliphatic rings. The van der Waals surface area contributed by atoms with Gasteiger partial charge in [-0.05, 0) is 24.6 Å². The Balaban J connectivity index is 2.19. The van der Waals surface area contributed by atoms with Gasteiger partial charge in [0.2, 0.25) is 0 Å². The minimum atomic E-state index is -0.365. The molecular weight excluding hydrogens is 286 g/mol. The lowest BCUT2D eigenvalue weighted by molar-refractivity contribution is 0.0605. The van der Waals surface area contributed by atoms with E-state index < -0.39 is 0 Å². The van der Waals surface area contributed by atoms with Crippen molar-refractivity contribution in [1.29, 1.82) is 5.26 Å². The summed E-state index contributed by atoms with van der Waals surface area (Å²) < 4.78 is 4.74. The number of nitriles is 1. The van der Waals surface area contributed by atoms with Crippen LogP contribution in [0.5, 0.6) is 0 Å². The molecule has 0 amide bonds. The smallest absolute Gasteiger partial charge is 0.350 e. The molecule has 1 aromatic carbocycles. The van der Waals surface area contributed by atoms with E-state index in [2.05, 4.69) is 11.1 Å². The maximum Gasteiger partial charge on any atom is 0.350 e. The normalized spacial score (nSPS) is 10.0. The summed E-state index contributed by atoms with van der Waals surface area (Å²) >= 11 is 1.30. The summed E-state index contributed by atoms with van der Waals surface area (Å²) in [7, 11) is 3.26. The van der Waals surface area contributed by atoms with Crippen LogP contribution in [0, 0.1) is 18.3 Å². The summed E-state index contributed by atoms with van der Waals surface area (Å²) in [4.78, 5) is 18.5.